The maximum Gasteiger partial charge on any atom is 2.00 e. The van der Waals surface area contributed by atoms with Gasteiger partial charge in [0.05, 0.1) is 13.2 Å². The fourth-order valence-corrected chi connectivity index (χ4v) is 0.988. The molecule has 0 aromatic rings. The van der Waals surface area contributed by atoms with E-state index in [0.29, 0.717) is 6.42 Å². The predicted molar refractivity (Wildman–Crippen MR) is 56.5 cm³/mol. The average Bonchev–Trinajstić information content (AvgIpc) is 2.17. The molecule has 0 aromatic carbocycles. The first kappa shape index (κ1) is 18.0. The standard InChI is InChI=1S/C7H13O6P.Ca.2H/c1-3-7(8)12-5-4-6-13-14(9,10)11-2;;;/h3H,1,4-6H2,2H3,(H,9,10);;;/q;+2;2*-1. The number of phosphoric acid groups is 1. The predicted octanol–water partition coefficient (Wildman–Crippen LogP) is 0.713. The van der Waals surface area contributed by atoms with Gasteiger partial charge < -0.3 is 12.5 Å². The zero-order chi connectivity index (χ0) is 11.0. The Morgan fingerprint density at radius 1 is 1.60 bits per heavy atom. The van der Waals surface area contributed by atoms with Crippen LogP contribution in [0.5, 0.6) is 0 Å². The van der Waals surface area contributed by atoms with E-state index in [0.717, 1.165) is 13.2 Å². The molecule has 1 atom stereocenters. The van der Waals surface area contributed by atoms with E-state index in [4.69, 9.17) is 4.89 Å². The summed E-state index contributed by atoms with van der Waals surface area (Å²) >= 11 is 0. The van der Waals surface area contributed by atoms with E-state index in [9.17, 15) is 9.36 Å². The third kappa shape index (κ3) is 10.9. The number of rotatable bonds is 7. The molecule has 1 N–H and O–H groups in total. The summed E-state index contributed by atoms with van der Waals surface area (Å²) in [5.41, 5.74) is 0. The zero-order valence-electron chi connectivity index (χ0n) is 10.5. The van der Waals surface area contributed by atoms with Gasteiger partial charge in [-0.15, -0.1) is 0 Å². The number of ether oxygens (including phenoxy) is 1. The van der Waals surface area contributed by atoms with Gasteiger partial charge >= 0.3 is 51.5 Å². The van der Waals surface area contributed by atoms with E-state index in [2.05, 4.69) is 20.4 Å². The summed E-state index contributed by atoms with van der Waals surface area (Å²) in [6.07, 6.45) is 1.35. The molecule has 15 heavy (non-hydrogen) atoms. The van der Waals surface area contributed by atoms with Crippen LogP contribution in [0.15, 0.2) is 12.7 Å². The molecular formula is C7H15CaO6P. The van der Waals surface area contributed by atoms with E-state index in [1.54, 1.807) is 0 Å². The molecule has 0 heterocycles. The van der Waals surface area contributed by atoms with Crippen molar-refractivity contribution in [3.63, 3.8) is 0 Å². The minimum Gasteiger partial charge on any atom is -1.00 e. The summed E-state index contributed by atoms with van der Waals surface area (Å²) in [6.45, 7) is 3.29. The second kappa shape index (κ2) is 9.78. The molecule has 6 nitrogen and oxygen atoms in total. The van der Waals surface area contributed by atoms with Crippen molar-refractivity contribution < 1.29 is 30.9 Å². The Bertz CT molecular complexity index is 253. The van der Waals surface area contributed by atoms with Crippen LogP contribution in [0, 0.1) is 0 Å². The van der Waals surface area contributed by atoms with Crippen LogP contribution in [0.4, 0.5) is 0 Å². The third-order valence-corrected chi connectivity index (χ3v) is 2.16. The van der Waals surface area contributed by atoms with Crippen molar-refractivity contribution in [1.29, 1.82) is 0 Å². The molecule has 0 saturated heterocycles. The molecule has 1 unspecified atom stereocenters. The quantitative estimate of drug-likeness (QED) is 0.240. The van der Waals surface area contributed by atoms with Gasteiger partial charge in [0.1, 0.15) is 0 Å². The summed E-state index contributed by atoms with van der Waals surface area (Å²) in [6, 6.07) is 0. The summed E-state index contributed by atoms with van der Waals surface area (Å²) in [4.78, 5) is 19.3. The Kier molecular flexibility index (Phi) is 11.7. The van der Waals surface area contributed by atoms with E-state index in [1.165, 1.54) is 0 Å². The third-order valence-electron chi connectivity index (χ3n) is 1.18. The maximum absolute atomic E-state index is 10.7. The van der Waals surface area contributed by atoms with Crippen molar-refractivity contribution in [3.8, 4) is 0 Å². The molecule has 8 heteroatoms. The molecule has 0 aliphatic carbocycles. The van der Waals surface area contributed by atoms with Crippen molar-refractivity contribution in [3.05, 3.63) is 12.7 Å². The Labute approximate surface area is 121 Å². The molecule has 86 valence electrons. The van der Waals surface area contributed by atoms with E-state index < -0.39 is 13.8 Å². The molecule has 0 fully saturated rings. The van der Waals surface area contributed by atoms with E-state index in [-0.39, 0.29) is 53.8 Å². The molecule has 0 spiro atoms. The summed E-state index contributed by atoms with van der Waals surface area (Å²) in [7, 11) is -2.84. The van der Waals surface area contributed by atoms with Crippen molar-refractivity contribution in [2.45, 2.75) is 6.42 Å². The van der Waals surface area contributed by atoms with Crippen LogP contribution in [0.3, 0.4) is 0 Å². The van der Waals surface area contributed by atoms with Gasteiger partial charge in [0.25, 0.3) is 0 Å². The topological polar surface area (TPSA) is 82.1 Å². The van der Waals surface area contributed by atoms with Crippen LogP contribution in [0.1, 0.15) is 9.27 Å². The van der Waals surface area contributed by atoms with Gasteiger partial charge in [-0.05, 0) is 0 Å². The molecule has 0 rings (SSSR count). The van der Waals surface area contributed by atoms with Crippen LogP contribution in [0.2, 0.25) is 0 Å². The SMILES string of the molecule is C=CC(=O)OCCCOP(=O)(O)OC.[Ca+2].[H-].[H-]. The van der Waals surface area contributed by atoms with Gasteiger partial charge in [-0.25, -0.2) is 9.36 Å². The van der Waals surface area contributed by atoms with Gasteiger partial charge in [-0.2, -0.15) is 0 Å². The monoisotopic (exact) mass is 266 g/mol. The van der Waals surface area contributed by atoms with Gasteiger partial charge in [0, 0.05) is 19.6 Å². The fourth-order valence-electron chi connectivity index (χ4n) is 0.523. The molecule has 0 bridgehead atoms. The van der Waals surface area contributed by atoms with Gasteiger partial charge in [0.15, 0.2) is 0 Å². The number of esters is 1. The molecule has 0 amide bonds. The van der Waals surface area contributed by atoms with E-state index in [1.807, 2.05) is 0 Å². The summed E-state index contributed by atoms with van der Waals surface area (Å²) in [5.74, 6) is -0.538. The number of hydrogen-bond donors (Lipinski definition) is 1. The Hall–Kier alpha value is 0.580. The molecule has 0 saturated carbocycles. The minimum absolute atomic E-state index is 0. The Morgan fingerprint density at radius 2 is 2.20 bits per heavy atom. The van der Waals surface area contributed by atoms with Crippen molar-refractivity contribution >= 4 is 51.5 Å². The fraction of sp³-hybridized carbons (Fsp3) is 0.571. The molecule has 0 aromatic heterocycles. The van der Waals surface area contributed by atoms with Crippen molar-refractivity contribution in [1.82, 2.24) is 0 Å². The van der Waals surface area contributed by atoms with Crippen LogP contribution in [-0.2, 0) is 23.1 Å². The zero-order valence-corrected chi connectivity index (χ0v) is 11.7. The molecule has 0 aliphatic heterocycles. The van der Waals surface area contributed by atoms with Crippen LogP contribution in [0.25, 0.3) is 0 Å². The first-order valence-corrected chi connectivity index (χ1v) is 5.33. The van der Waals surface area contributed by atoms with Crippen LogP contribution < -0.4 is 0 Å². The largest absolute Gasteiger partial charge is 2.00 e. The Morgan fingerprint density at radius 3 is 2.67 bits per heavy atom. The van der Waals surface area contributed by atoms with Crippen LogP contribution >= 0.6 is 7.82 Å². The molecular weight excluding hydrogens is 251 g/mol. The number of phosphoric ester groups is 1. The summed E-state index contributed by atoms with van der Waals surface area (Å²) < 4.78 is 23.9. The number of carbonyl (C=O) groups is 1. The van der Waals surface area contributed by atoms with Crippen molar-refractivity contribution in [2.75, 3.05) is 20.3 Å². The van der Waals surface area contributed by atoms with Crippen molar-refractivity contribution in [2.24, 2.45) is 0 Å². The number of hydrogen-bond acceptors (Lipinski definition) is 5. The molecule has 0 aliphatic rings. The average molecular weight is 266 g/mol. The normalized spacial score (nSPS) is 13.5. The first-order valence-electron chi connectivity index (χ1n) is 3.84. The smallest absolute Gasteiger partial charge is 1.00 e. The van der Waals surface area contributed by atoms with Gasteiger partial charge in [-0.1, -0.05) is 6.58 Å². The summed E-state index contributed by atoms with van der Waals surface area (Å²) in [5, 5.41) is 0. The Balaban J connectivity index is -0.000000282. The van der Waals surface area contributed by atoms with E-state index >= 15 is 0 Å². The van der Waals surface area contributed by atoms with Gasteiger partial charge in [-0.3, -0.25) is 9.05 Å². The van der Waals surface area contributed by atoms with Crippen LogP contribution in [-0.4, -0.2) is 68.9 Å². The second-order valence-electron chi connectivity index (χ2n) is 2.21. The first-order chi connectivity index (χ1) is 6.52. The minimum atomic E-state index is -3.90. The number of carbonyl (C=O) groups excluding carboxylic acids is 1. The van der Waals surface area contributed by atoms with Gasteiger partial charge in [0.2, 0.25) is 0 Å². The molecule has 0 radical (unpaired) electrons. The maximum atomic E-state index is 10.7. The second-order valence-corrected chi connectivity index (χ2v) is 3.77.